The van der Waals surface area contributed by atoms with Gasteiger partial charge in [-0.3, -0.25) is 9.59 Å². The minimum atomic E-state index is -1.28. The number of esters is 1. The van der Waals surface area contributed by atoms with Gasteiger partial charge < -0.3 is 14.9 Å². The second-order valence-electron chi connectivity index (χ2n) is 8.25. The van der Waals surface area contributed by atoms with E-state index in [0.29, 0.717) is 24.3 Å². The van der Waals surface area contributed by atoms with Gasteiger partial charge in [-0.25, -0.2) is 0 Å². The summed E-state index contributed by atoms with van der Waals surface area (Å²) in [5.41, 5.74) is -0.414. The summed E-state index contributed by atoms with van der Waals surface area (Å²) in [5.74, 6) is 4.93. The molecule has 0 bridgehead atoms. The number of unbranched alkanes of at least 4 members (excludes halogenated alkanes) is 3. The first-order valence-corrected chi connectivity index (χ1v) is 10.9. The number of aliphatic hydroxyl groups is 2. The average Bonchev–Trinajstić information content (AvgIpc) is 2.95. The average molecular weight is 435 g/mol. The Kier molecular flexibility index (Phi) is 9.36. The number of ether oxygens (including phenoxy) is 1. The summed E-state index contributed by atoms with van der Waals surface area (Å²) >= 11 is 6.00. The molecule has 1 aliphatic rings. The van der Waals surface area contributed by atoms with Crippen LogP contribution >= 0.6 is 11.6 Å². The number of hydrogen-bond donors (Lipinski definition) is 2. The molecule has 0 saturated heterocycles. The van der Waals surface area contributed by atoms with E-state index >= 15 is 0 Å². The third-order valence-electron chi connectivity index (χ3n) is 5.49. The van der Waals surface area contributed by atoms with Crippen LogP contribution in [-0.4, -0.2) is 40.8 Å². The second kappa shape index (κ2) is 11.5. The summed E-state index contributed by atoms with van der Waals surface area (Å²) in [6.07, 6.45) is 4.09. The van der Waals surface area contributed by atoms with Gasteiger partial charge in [0.15, 0.2) is 0 Å². The molecular weight excluding hydrogens is 404 g/mol. The van der Waals surface area contributed by atoms with Gasteiger partial charge in [0.05, 0.1) is 19.1 Å². The van der Waals surface area contributed by atoms with Crippen molar-refractivity contribution in [3.8, 4) is 11.8 Å². The van der Waals surface area contributed by atoms with Crippen molar-refractivity contribution in [3.63, 3.8) is 0 Å². The molecule has 2 N–H and O–H groups in total. The van der Waals surface area contributed by atoms with Gasteiger partial charge in [-0.1, -0.05) is 54.8 Å². The van der Waals surface area contributed by atoms with Gasteiger partial charge in [-0.15, -0.1) is 0 Å². The third kappa shape index (κ3) is 7.75. The van der Waals surface area contributed by atoms with E-state index in [9.17, 15) is 19.8 Å². The molecule has 0 aliphatic heterocycles. The summed E-state index contributed by atoms with van der Waals surface area (Å²) in [6.45, 7) is 1.63. The van der Waals surface area contributed by atoms with Crippen molar-refractivity contribution in [2.75, 3.05) is 7.11 Å². The Morgan fingerprint density at radius 2 is 2.03 bits per heavy atom. The van der Waals surface area contributed by atoms with Gasteiger partial charge in [0.2, 0.25) is 0 Å². The maximum Gasteiger partial charge on any atom is 0.305 e. The van der Waals surface area contributed by atoms with Gasteiger partial charge in [0.25, 0.3) is 0 Å². The van der Waals surface area contributed by atoms with Crippen molar-refractivity contribution in [1.29, 1.82) is 0 Å². The highest BCUT2D eigenvalue weighted by molar-refractivity contribution is 6.30. The Morgan fingerprint density at radius 3 is 2.73 bits per heavy atom. The largest absolute Gasteiger partial charge is 0.469 e. The molecule has 1 aliphatic carbocycles. The Labute approximate surface area is 183 Å². The standard InChI is InChI=1S/C24H31ClO5/c1-24(29,16-17-8-7-9-18(25)14-17)13-12-20-19(21(26)15-22(20)27)10-5-3-4-6-11-23(28)30-2/h7-9,14,19-20,22,27,29H,3-6,10-11,15-16H2,1-2H3/t19-,20-,22+,24-/m1/s1. The number of halogens is 1. The zero-order valence-electron chi connectivity index (χ0n) is 17.7. The molecule has 1 aromatic carbocycles. The SMILES string of the molecule is COC(=O)CCCCCC[C@H]1C(=O)C[C@H](O)[C@@H]1C#C[C@@](C)(O)Cc1cccc(Cl)c1. The maximum absolute atomic E-state index is 12.3. The fourth-order valence-corrected chi connectivity index (χ4v) is 4.12. The molecule has 1 fully saturated rings. The number of ketones is 1. The number of Topliss-reactive ketones (excluding diaryl/α,β-unsaturated/α-hetero) is 1. The van der Waals surface area contributed by atoms with E-state index < -0.39 is 17.6 Å². The first kappa shape index (κ1) is 24.4. The fourth-order valence-electron chi connectivity index (χ4n) is 3.91. The zero-order valence-corrected chi connectivity index (χ0v) is 18.5. The van der Waals surface area contributed by atoms with Crippen LogP contribution < -0.4 is 0 Å². The summed E-state index contributed by atoms with van der Waals surface area (Å²) in [6, 6.07) is 7.25. The number of carbonyl (C=O) groups excluding carboxylic acids is 2. The first-order chi connectivity index (χ1) is 14.2. The number of benzene rings is 1. The van der Waals surface area contributed by atoms with Gasteiger partial charge in [-0.2, -0.15) is 0 Å². The van der Waals surface area contributed by atoms with Crippen molar-refractivity contribution in [2.45, 2.75) is 70.0 Å². The number of carbonyl (C=O) groups is 2. The van der Waals surface area contributed by atoms with E-state index in [1.54, 1.807) is 19.1 Å². The molecule has 0 unspecified atom stereocenters. The van der Waals surface area contributed by atoms with Crippen molar-refractivity contribution in [3.05, 3.63) is 34.9 Å². The molecule has 5 nitrogen and oxygen atoms in total. The van der Waals surface area contributed by atoms with Gasteiger partial charge >= 0.3 is 5.97 Å². The van der Waals surface area contributed by atoms with E-state index in [1.165, 1.54) is 7.11 Å². The molecule has 2 rings (SSSR count). The summed E-state index contributed by atoms with van der Waals surface area (Å²) in [5, 5.41) is 21.6. The van der Waals surface area contributed by atoms with E-state index in [2.05, 4.69) is 16.6 Å². The van der Waals surface area contributed by atoms with Crippen LogP contribution in [0, 0.1) is 23.7 Å². The lowest BCUT2D eigenvalue weighted by Crippen LogP contribution is -2.26. The third-order valence-corrected chi connectivity index (χ3v) is 5.73. The van der Waals surface area contributed by atoms with Crippen LogP contribution in [0.4, 0.5) is 0 Å². The van der Waals surface area contributed by atoms with E-state index in [-0.39, 0.29) is 24.1 Å². The molecule has 4 atom stereocenters. The lowest BCUT2D eigenvalue weighted by Gasteiger charge is -2.19. The van der Waals surface area contributed by atoms with Crippen LogP contribution in [0.25, 0.3) is 0 Å². The number of hydrogen-bond acceptors (Lipinski definition) is 5. The normalized spacial score (nSPS) is 22.8. The lowest BCUT2D eigenvalue weighted by atomic mass is 9.88. The highest BCUT2D eigenvalue weighted by atomic mass is 35.5. The van der Waals surface area contributed by atoms with Crippen LogP contribution in [0.1, 0.15) is 57.4 Å². The van der Waals surface area contributed by atoms with E-state index in [0.717, 1.165) is 31.2 Å². The topological polar surface area (TPSA) is 83.8 Å². The molecule has 30 heavy (non-hydrogen) atoms. The van der Waals surface area contributed by atoms with Crippen molar-refractivity contribution in [1.82, 2.24) is 0 Å². The van der Waals surface area contributed by atoms with Crippen LogP contribution in [0.2, 0.25) is 5.02 Å². The number of aliphatic hydroxyl groups excluding tert-OH is 1. The van der Waals surface area contributed by atoms with Crippen molar-refractivity contribution in [2.24, 2.45) is 11.8 Å². The Hall–Kier alpha value is -1.87. The molecule has 1 saturated carbocycles. The highest BCUT2D eigenvalue weighted by Crippen LogP contribution is 2.33. The molecule has 0 spiro atoms. The van der Waals surface area contributed by atoms with Gasteiger partial charge in [0.1, 0.15) is 11.4 Å². The summed E-state index contributed by atoms with van der Waals surface area (Å²) in [4.78, 5) is 23.5. The fraction of sp³-hybridized carbons (Fsp3) is 0.583. The molecule has 164 valence electrons. The Bertz CT molecular complexity index is 792. The molecule has 1 aromatic rings. The Morgan fingerprint density at radius 1 is 1.30 bits per heavy atom. The molecule has 0 amide bonds. The molecule has 6 heteroatoms. The summed E-state index contributed by atoms with van der Waals surface area (Å²) in [7, 11) is 1.38. The van der Waals surface area contributed by atoms with Crippen LogP contribution in [-0.2, 0) is 20.7 Å². The predicted octanol–water partition coefficient (Wildman–Crippen LogP) is 3.72. The summed E-state index contributed by atoms with van der Waals surface area (Å²) < 4.78 is 4.62. The second-order valence-corrected chi connectivity index (χ2v) is 8.69. The minimum Gasteiger partial charge on any atom is -0.469 e. The maximum atomic E-state index is 12.3. The van der Waals surface area contributed by atoms with E-state index in [4.69, 9.17) is 11.6 Å². The Balaban J connectivity index is 1.91. The molecule has 0 heterocycles. The zero-order chi connectivity index (χ0) is 22.1. The first-order valence-electron chi connectivity index (χ1n) is 10.5. The van der Waals surface area contributed by atoms with Crippen LogP contribution in [0.15, 0.2) is 24.3 Å². The minimum absolute atomic E-state index is 0.0332. The number of rotatable bonds is 9. The van der Waals surface area contributed by atoms with Crippen LogP contribution in [0.5, 0.6) is 0 Å². The molecular formula is C24H31ClO5. The smallest absolute Gasteiger partial charge is 0.305 e. The lowest BCUT2D eigenvalue weighted by molar-refractivity contribution is -0.140. The van der Waals surface area contributed by atoms with E-state index in [1.807, 2.05) is 12.1 Å². The monoisotopic (exact) mass is 434 g/mol. The van der Waals surface area contributed by atoms with Crippen LogP contribution in [0.3, 0.4) is 0 Å². The van der Waals surface area contributed by atoms with Gasteiger partial charge in [-0.05, 0) is 37.5 Å². The molecule has 0 aromatic heterocycles. The van der Waals surface area contributed by atoms with Gasteiger partial charge in [0, 0.05) is 30.2 Å². The highest BCUT2D eigenvalue weighted by Gasteiger charge is 2.40. The number of methoxy groups -OCH3 is 1. The van der Waals surface area contributed by atoms with Crippen molar-refractivity contribution < 1.29 is 24.5 Å². The van der Waals surface area contributed by atoms with Crippen molar-refractivity contribution >= 4 is 23.4 Å². The predicted molar refractivity (Wildman–Crippen MR) is 116 cm³/mol. The quantitative estimate of drug-likeness (QED) is 0.351. The molecule has 0 radical (unpaired) electrons.